The Bertz CT molecular complexity index is 1110. The molecule has 8 nitrogen and oxygen atoms in total. The van der Waals surface area contributed by atoms with Gasteiger partial charge in [-0.15, -0.1) is 0 Å². The van der Waals surface area contributed by atoms with Crippen molar-refractivity contribution in [3.05, 3.63) is 66.6 Å². The van der Waals surface area contributed by atoms with Crippen LogP contribution in [0.1, 0.15) is 11.6 Å². The number of carboxylic acid groups (broad SMARTS) is 1. The molecule has 2 unspecified atom stereocenters. The van der Waals surface area contributed by atoms with Crippen LogP contribution >= 0.6 is 11.8 Å². The zero-order valence-corrected chi connectivity index (χ0v) is 15.7. The highest BCUT2D eigenvalue weighted by Gasteiger charge is 2.46. The molecule has 0 saturated heterocycles. The zero-order chi connectivity index (χ0) is 20.0. The number of benzene rings is 1. The summed E-state index contributed by atoms with van der Waals surface area (Å²) in [7, 11) is 0. The summed E-state index contributed by atoms with van der Waals surface area (Å²) in [4.78, 5) is 34.3. The number of hydrogen-bond donors (Lipinski definition) is 2. The third kappa shape index (κ3) is 2.95. The first kappa shape index (κ1) is 17.5. The summed E-state index contributed by atoms with van der Waals surface area (Å²) in [6.45, 7) is 0. The quantitative estimate of drug-likeness (QED) is 0.680. The summed E-state index contributed by atoms with van der Waals surface area (Å²) in [5.74, 6) is 0.246. The number of rotatable bonds is 4. The number of aromatic nitrogens is 2. The van der Waals surface area contributed by atoms with Gasteiger partial charge in [-0.2, -0.15) is 0 Å². The zero-order valence-electron chi connectivity index (χ0n) is 14.9. The highest BCUT2D eigenvalue weighted by Crippen LogP contribution is 2.50. The van der Waals surface area contributed by atoms with Crippen molar-refractivity contribution in [2.24, 2.45) is 0 Å². The van der Waals surface area contributed by atoms with Crippen molar-refractivity contribution in [3.63, 3.8) is 0 Å². The Hall–Kier alpha value is -3.59. The predicted octanol–water partition coefficient (Wildman–Crippen LogP) is 3.73. The molecule has 3 aromatic rings. The minimum atomic E-state index is -0.977. The van der Waals surface area contributed by atoms with Gasteiger partial charge >= 0.3 is 12.0 Å². The van der Waals surface area contributed by atoms with Gasteiger partial charge in [-0.05, 0) is 42.5 Å². The molecule has 2 aliphatic rings. The number of amides is 2. The summed E-state index contributed by atoms with van der Waals surface area (Å²) < 4.78 is 5.74. The average Bonchev–Trinajstić information content (AvgIpc) is 3.10. The van der Waals surface area contributed by atoms with Crippen LogP contribution in [0, 0.1) is 0 Å². The van der Waals surface area contributed by atoms with Crippen molar-refractivity contribution in [3.8, 4) is 11.5 Å². The summed E-state index contributed by atoms with van der Waals surface area (Å²) in [5, 5.41) is 12.1. The molecule has 0 radical (unpaired) electrons. The maximum absolute atomic E-state index is 12.8. The minimum Gasteiger partial charge on any atom is -0.480 e. The number of urea groups is 1. The smallest absolute Gasteiger partial charge is 0.327 e. The number of carboxylic acids is 1. The van der Waals surface area contributed by atoms with E-state index in [2.05, 4.69) is 15.3 Å². The topological polar surface area (TPSA) is 105 Å². The van der Waals surface area contributed by atoms with Gasteiger partial charge in [-0.3, -0.25) is 14.7 Å². The molecule has 0 spiro atoms. The predicted molar refractivity (Wildman–Crippen MR) is 106 cm³/mol. The van der Waals surface area contributed by atoms with Gasteiger partial charge in [0.15, 0.2) is 0 Å². The van der Waals surface area contributed by atoms with Crippen molar-refractivity contribution >= 4 is 35.1 Å². The van der Waals surface area contributed by atoms with Crippen molar-refractivity contribution in [1.82, 2.24) is 15.3 Å². The van der Waals surface area contributed by atoms with Gasteiger partial charge in [-0.1, -0.05) is 11.8 Å². The van der Waals surface area contributed by atoms with Crippen LogP contribution in [0.25, 0.3) is 0 Å². The van der Waals surface area contributed by atoms with E-state index in [1.54, 1.807) is 61.1 Å². The van der Waals surface area contributed by atoms with Crippen LogP contribution in [0.2, 0.25) is 0 Å². The van der Waals surface area contributed by atoms with Gasteiger partial charge in [0, 0.05) is 18.0 Å². The van der Waals surface area contributed by atoms with Gasteiger partial charge in [0.1, 0.15) is 21.8 Å². The highest BCUT2D eigenvalue weighted by molar-refractivity contribution is 8.00. The molecule has 4 heterocycles. The molecule has 144 valence electrons. The lowest BCUT2D eigenvalue weighted by molar-refractivity contribution is -0.136. The molecule has 0 saturated carbocycles. The SMILES string of the molecule is O=C(O)C1Sc2nccc3c2C1NC(=O)N3c1ccc(Oc2cccnc2)cc1. The van der Waals surface area contributed by atoms with E-state index in [-0.39, 0.29) is 6.03 Å². The van der Waals surface area contributed by atoms with Crippen molar-refractivity contribution in [2.45, 2.75) is 16.3 Å². The summed E-state index contributed by atoms with van der Waals surface area (Å²) in [6, 6.07) is 11.4. The number of nitrogens with one attached hydrogen (secondary N) is 1. The number of pyridine rings is 2. The molecule has 0 bridgehead atoms. The summed E-state index contributed by atoms with van der Waals surface area (Å²) in [6.07, 6.45) is 4.87. The third-order valence-electron chi connectivity index (χ3n) is 4.71. The molecule has 2 N–H and O–H groups in total. The minimum absolute atomic E-state index is 0.380. The van der Waals surface area contributed by atoms with E-state index in [1.807, 2.05) is 0 Å². The maximum Gasteiger partial charge on any atom is 0.327 e. The van der Waals surface area contributed by atoms with E-state index < -0.39 is 17.3 Å². The standard InChI is InChI=1S/C20H14N4O4S/c25-19(26)17-16-15-14(7-9-22-18(15)29-17)24(20(27)23-16)11-3-5-12(6-4-11)28-13-2-1-8-21-10-13/h1-10,16-17H,(H,23,27)(H,25,26). The number of nitrogens with zero attached hydrogens (tertiary/aromatic N) is 3. The second-order valence-electron chi connectivity index (χ2n) is 6.47. The Morgan fingerprint density at radius 3 is 2.69 bits per heavy atom. The fourth-order valence-corrected chi connectivity index (χ4v) is 4.64. The van der Waals surface area contributed by atoms with Crippen LogP contribution < -0.4 is 15.0 Å². The third-order valence-corrected chi connectivity index (χ3v) is 5.99. The average molecular weight is 406 g/mol. The van der Waals surface area contributed by atoms with E-state index in [4.69, 9.17) is 4.74 Å². The number of carbonyl (C=O) groups excluding carboxylic acids is 1. The van der Waals surface area contributed by atoms with Crippen LogP contribution in [-0.2, 0) is 4.79 Å². The van der Waals surface area contributed by atoms with Gasteiger partial charge in [0.05, 0.1) is 23.6 Å². The molecular weight excluding hydrogens is 392 g/mol. The van der Waals surface area contributed by atoms with Gasteiger partial charge in [0.25, 0.3) is 0 Å². The number of aliphatic carboxylic acids is 1. The fraction of sp³-hybridized carbons (Fsp3) is 0.100. The summed E-state index contributed by atoms with van der Waals surface area (Å²) >= 11 is 1.16. The van der Waals surface area contributed by atoms with Crippen molar-refractivity contribution < 1.29 is 19.4 Å². The highest BCUT2D eigenvalue weighted by atomic mass is 32.2. The Balaban J connectivity index is 1.48. The fourth-order valence-electron chi connectivity index (χ4n) is 3.48. The number of thioether (sulfide) groups is 1. The molecule has 1 aromatic carbocycles. The number of carbonyl (C=O) groups is 2. The Morgan fingerprint density at radius 1 is 1.14 bits per heavy atom. The first-order valence-electron chi connectivity index (χ1n) is 8.79. The lowest BCUT2D eigenvalue weighted by atomic mass is 10.0. The molecular formula is C20H14N4O4S. The molecule has 2 atom stereocenters. The van der Waals surface area contributed by atoms with Crippen molar-refractivity contribution in [1.29, 1.82) is 0 Å². The largest absolute Gasteiger partial charge is 0.480 e. The Labute approximate surface area is 169 Å². The van der Waals surface area contributed by atoms with Crippen molar-refractivity contribution in [2.75, 3.05) is 4.90 Å². The van der Waals surface area contributed by atoms with Gasteiger partial charge < -0.3 is 15.2 Å². The van der Waals surface area contributed by atoms with Gasteiger partial charge in [-0.25, -0.2) is 9.78 Å². The molecule has 0 aliphatic carbocycles. The van der Waals surface area contributed by atoms with Crippen LogP contribution in [0.4, 0.5) is 16.2 Å². The number of hydrogen-bond acceptors (Lipinski definition) is 6. The van der Waals surface area contributed by atoms with E-state index in [9.17, 15) is 14.7 Å². The monoisotopic (exact) mass is 406 g/mol. The summed E-state index contributed by atoms with van der Waals surface area (Å²) in [5.41, 5.74) is 2.01. The van der Waals surface area contributed by atoms with E-state index in [0.29, 0.717) is 27.9 Å². The molecule has 2 aromatic heterocycles. The first-order valence-corrected chi connectivity index (χ1v) is 9.67. The molecule has 29 heavy (non-hydrogen) atoms. The van der Waals surface area contributed by atoms with Crippen LogP contribution in [0.5, 0.6) is 11.5 Å². The molecule has 9 heteroatoms. The van der Waals surface area contributed by atoms with E-state index in [1.165, 1.54) is 4.90 Å². The Morgan fingerprint density at radius 2 is 1.97 bits per heavy atom. The normalized spacial score (nSPS) is 19.4. The number of ether oxygens (including phenoxy) is 1. The molecule has 0 fully saturated rings. The molecule has 5 rings (SSSR count). The van der Waals surface area contributed by atoms with Crippen LogP contribution in [-0.4, -0.2) is 32.3 Å². The molecule has 2 aliphatic heterocycles. The second-order valence-corrected chi connectivity index (χ2v) is 7.60. The Kier molecular flexibility index (Phi) is 4.09. The first-order chi connectivity index (χ1) is 14.1. The lowest BCUT2D eigenvalue weighted by Crippen LogP contribution is -2.47. The van der Waals surface area contributed by atoms with Crippen LogP contribution in [0.15, 0.2) is 66.1 Å². The van der Waals surface area contributed by atoms with E-state index >= 15 is 0 Å². The second kappa shape index (κ2) is 6.78. The number of anilines is 2. The van der Waals surface area contributed by atoms with Gasteiger partial charge in [0.2, 0.25) is 0 Å². The molecule has 2 amide bonds. The maximum atomic E-state index is 12.8. The lowest BCUT2D eigenvalue weighted by Gasteiger charge is -2.33. The van der Waals surface area contributed by atoms with Crippen LogP contribution in [0.3, 0.4) is 0 Å². The van der Waals surface area contributed by atoms with E-state index in [0.717, 1.165) is 17.3 Å².